The molecule has 1 unspecified atom stereocenters. The van der Waals surface area contributed by atoms with Gasteiger partial charge in [-0.1, -0.05) is 42.5 Å². The first-order valence-electron chi connectivity index (χ1n) is 7.38. The van der Waals surface area contributed by atoms with Crippen molar-refractivity contribution in [1.82, 2.24) is 0 Å². The molecule has 0 heterocycles. The van der Waals surface area contributed by atoms with E-state index in [1.54, 1.807) is 7.11 Å². The van der Waals surface area contributed by atoms with E-state index in [0.717, 1.165) is 29.2 Å². The summed E-state index contributed by atoms with van der Waals surface area (Å²) in [6, 6.07) is 17.8. The molecule has 2 aromatic carbocycles. The molecular weight excluding hydrogens is 278 g/mol. The van der Waals surface area contributed by atoms with Crippen molar-refractivity contribution in [2.75, 3.05) is 20.2 Å². The Hall–Kier alpha value is -2.33. The third-order valence-electron chi connectivity index (χ3n) is 3.64. The zero-order valence-corrected chi connectivity index (χ0v) is 12.7. The molecular formula is C18H21NO3. The van der Waals surface area contributed by atoms with Gasteiger partial charge in [-0.3, -0.25) is 0 Å². The van der Waals surface area contributed by atoms with Gasteiger partial charge in [0.2, 0.25) is 0 Å². The van der Waals surface area contributed by atoms with Crippen LogP contribution in [0.15, 0.2) is 54.6 Å². The minimum atomic E-state index is -1.03. The number of carbonyl (C=O) groups excluding carboxylic acids is 1. The van der Waals surface area contributed by atoms with Crippen molar-refractivity contribution < 1.29 is 19.5 Å². The Kier molecular flexibility index (Phi) is 5.98. The SMILES string of the molecule is COc1ccccc1C[NH+](CCc1ccccc1)CC(=O)[O-]. The van der Waals surface area contributed by atoms with Crippen molar-refractivity contribution in [3.05, 3.63) is 65.7 Å². The van der Waals surface area contributed by atoms with E-state index in [-0.39, 0.29) is 6.54 Å². The Morgan fingerprint density at radius 1 is 1.09 bits per heavy atom. The van der Waals surface area contributed by atoms with E-state index < -0.39 is 5.97 Å². The molecule has 0 aliphatic carbocycles. The number of benzene rings is 2. The van der Waals surface area contributed by atoms with Crippen LogP contribution in [0.3, 0.4) is 0 Å². The van der Waals surface area contributed by atoms with Gasteiger partial charge in [-0.2, -0.15) is 0 Å². The summed E-state index contributed by atoms with van der Waals surface area (Å²) in [7, 11) is 1.63. The molecule has 4 nitrogen and oxygen atoms in total. The van der Waals surface area contributed by atoms with Gasteiger partial charge in [0.05, 0.1) is 19.6 Å². The zero-order chi connectivity index (χ0) is 15.8. The van der Waals surface area contributed by atoms with Crippen molar-refractivity contribution in [3.63, 3.8) is 0 Å². The molecule has 1 N–H and O–H groups in total. The lowest BCUT2D eigenvalue weighted by atomic mass is 10.1. The van der Waals surface area contributed by atoms with Gasteiger partial charge in [-0.25, -0.2) is 0 Å². The van der Waals surface area contributed by atoms with Crippen LogP contribution in [0.4, 0.5) is 0 Å². The molecule has 22 heavy (non-hydrogen) atoms. The van der Waals surface area contributed by atoms with Crippen LogP contribution in [0.2, 0.25) is 0 Å². The van der Waals surface area contributed by atoms with Crippen LogP contribution in [-0.2, 0) is 17.8 Å². The number of quaternary nitrogens is 1. The first kappa shape index (κ1) is 16.0. The highest BCUT2D eigenvalue weighted by atomic mass is 16.5. The molecule has 0 aliphatic heterocycles. The van der Waals surface area contributed by atoms with Gasteiger partial charge in [0.15, 0.2) is 0 Å². The zero-order valence-electron chi connectivity index (χ0n) is 12.7. The van der Waals surface area contributed by atoms with Crippen molar-refractivity contribution in [2.45, 2.75) is 13.0 Å². The normalized spacial score (nSPS) is 11.9. The number of carbonyl (C=O) groups is 1. The molecule has 0 aliphatic rings. The summed E-state index contributed by atoms with van der Waals surface area (Å²) in [6.07, 6.45) is 0.832. The molecule has 0 fully saturated rings. The Labute approximate surface area is 131 Å². The fourth-order valence-electron chi connectivity index (χ4n) is 2.53. The first-order chi connectivity index (χ1) is 10.7. The van der Waals surface area contributed by atoms with E-state index in [4.69, 9.17) is 4.74 Å². The third kappa shape index (κ3) is 4.90. The Bertz CT molecular complexity index is 598. The van der Waals surface area contributed by atoms with E-state index in [2.05, 4.69) is 12.1 Å². The smallest absolute Gasteiger partial charge is 0.127 e. The Morgan fingerprint density at radius 3 is 2.45 bits per heavy atom. The summed E-state index contributed by atoms with van der Waals surface area (Å²) in [5, 5.41) is 11.0. The van der Waals surface area contributed by atoms with Crippen molar-refractivity contribution >= 4 is 5.97 Å². The molecule has 0 saturated carbocycles. The summed E-state index contributed by atoms with van der Waals surface area (Å²) in [6.45, 7) is 1.33. The highest BCUT2D eigenvalue weighted by Crippen LogP contribution is 2.15. The summed E-state index contributed by atoms with van der Waals surface area (Å²) in [4.78, 5) is 12.0. The first-order valence-corrected chi connectivity index (χ1v) is 7.38. The van der Waals surface area contributed by atoms with Crippen LogP contribution in [0.1, 0.15) is 11.1 Å². The fraction of sp³-hybridized carbons (Fsp3) is 0.278. The molecule has 4 heteroatoms. The number of methoxy groups -OCH3 is 1. The van der Waals surface area contributed by atoms with Gasteiger partial charge in [-0.05, 0) is 17.7 Å². The van der Waals surface area contributed by atoms with Crippen LogP contribution >= 0.6 is 0 Å². The fourth-order valence-corrected chi connectivity index (χ4v) is 2.53. The van der Waals surface area contributed by atoms with Crippen molar-refractivity contribution in [1.29, 1.82) is 0 Å². The second-order valence-electron chi connectivity index (χ2n) is 5.27. The highest BCUT2D eigenvalue weighted by molar-refractivity contribution is 5.65. The van der Waals surface area contributed by atoms with Crippen LogP contribution in [0.5, 0.6) is 5.75 Å². The van der Waals surface area contributed by atoms with Gasteiger partial charge in [0.25, 0.3) is 0 Å². The average molecular weight is 299 g/mol. The Morgan fingerprint density at radius 2 is 1.77 bits per heavy atom. The maximum atomic E-state index is 11.0. The summed E-state index contributed by atoms with van der Waals surface area (Å²) in [5.74, 6) is -0.240. The molecule has 0 spiro atoms. The molecule has 1 atom stereocenters. The summed E-state index contributed by atoms with van der Waals surface area (Å²) in [5.41, 5.74) is 2.22. The molecule has 0 aromatic heterocycles. The monoisotopic (exact) mass is 299 g/mol. The molecule has 116 valence electrons. The van der Waals surface area contributed by atoms with E-state index in [0.29, 0.717) is 6.54 Å². The quantitative estimate of drug-likeness (QED) is 0.751. The minimum Gasteiger partial charge on any atom is -0.544 e. The van der Waals surface area contributed by atoms with E-state index in [1.807, 2.05) is 42.5 Å². The summed E-state index contributed by atoms with van der Waals surface area (Å²) >= 11 is 0. The number of carboxylic acids is 1. The van der Waals surface area contributed by atoms with Gasteiger partial charge in [0, 0.05) is 12.0 Å². The second-order valence-corrected chi connectivity index (χ2v) is 5.27. The molecule has 2 aromatic rings. The number of carboxylic acid groups (broad SMARTS) is 1. The number of para-hydroxylation sites is 1. The van der Waals surface area contributed by atoms with Gasteiger partial charge < -0.3 is 19.5 Å². The van der Waals surface area contributed by atoms with Crippen molar-refractivity contribution in [2.24, 2.45) is 0 Å². The lowest BCUT2D eigenvalue weighted by molar-refractivity contribution is -0.908. The standard InChI is InChI=1S/C18H21NO3/c1-22-17-10-6-5-9-16(17)13-19(14-18(20)21)12-11-15-7-3-2-4-8-15/h2-10H,11-14H2,1H3,(H,20,21). The van der Waals surface area contributed by atoms with E-state index in [9.17, 15) is 9.90 Å². The topological polar surface area (TPSA) is 53.8 Å². The predicted molar refractivity (Wildman–Crippen MR) is 82.5 cm³/mol. The lowest BCUT2D eigenvalue weighted by Gasteiger charge is -2.21. The lowest BCUT2D eigenvalue weighted by Crippen LogP contribution is -3.12. The largest absolute Gasteiger partial charge is 0.544 e. The van der Waals surface area contributed by atoms with E-state index in [1.165, 1.54) is 5.56 Å². The van der Waals surface area contributed by atoms with Crippen LogP contribution in [-0.4, -0.2) is 26.2 Å². The number of nitrogens with one attached hydrogen (secondary N) is 1. The van der Waals surface area contributed by atoms with Crippen LogP contribution in [0, 0.1) is 0 Å². The number of rotatable bonds is 8. The number of hydrogen-bond donors (Lipinski definition) is 1. The van der Waals surface area contributed by atoms with Crippen molar-refractivity contribution in [3.8, 4) is 5.75 Å². The maximum absolute atomic E-state index is 11.0. The van der Waals surface area contributed by atoms with Gasteiger partial charge in [0.1, 0.15) is 18.8 Å². The third-order valence-corrected chi connectivity index (χ3v) is 3.64. The molecule has 0 saturated heterocycles. The highest BCUT2D eigenvalue weighted by Gasteiger charge is 2.13. The van der Waals surface area contributed by atoms with Crippen LogP contribution < -0.4 is 14.7 Å². The molecule has 2 rings (SSSR count). The molecule has 0 bridgehead atoms. The average Bonchev–Trinajstić information content (AvgIpc) is 2.53. The number of aliphatic carboxylic acids is 1. The summed E-state index contributed by atoms with van der Waals surface area (Å²) < 4.78 is 5.34. The number of hydrogen-bond acceptors (Lipinski definition) is 3. The predicted octanol–water partition coefficient (Wildman–Crippen LogP) is 0.0727. The van der Waals surface area contributed by atoms with E-state index >= 15 is 0 Å². The Balaban J connectivity index is 2.04. The van der Waals surface area contributed by atoms with Gasteiger partial charge >= 0.3 is 0 Å². The molecule has 0 radical (unpaired) electrons. The maximum Gasteiger partial charge on any atom is 0.127 e. The minimum absolute atomic E-state index is 0.00905. The number of ether oxygens (including phenoxy) is 1. The second kappa shape index (κ2) is 8.20. The van der Waals surface area contributed by atoms with Gasteiger partial charge in [-0.15, -0.1) is 0 Å². The molecule has 0 amide bonds. The van der Waals surface area contributed by atoms with Crippen LogP contribution in [0.25, 0.3) is 0 Å².